The summed E-state index contributed by atoms with van der Waals surface area (Å²) in [5.41, 5.74) is 6.96. The molecular formula is C15H21N3OS. The van der Waals surface area contributed by atoms with Gasteiger partial charge in [0.2, 0.25) is 11.7 Å². The molecule has 2 rings (SSSR count). The first-order chi connectivity index (χ1) is 9.72. The van der Waals surface area contributed by atoms with Gasteiger partial charge in [0.1, 0.15) is 0 Å². The van der Waals surface area contributed by atoms with Crippen LogP contribution in [0.5, 0.6) is 0 Å². The van der Waals surface area contributed by atoms with Crippen LogP contribution in [0.2, 0.25) is 0 Å². The molecule has 108 valence electrons. The maximum atomic E-state index is 5.99. The molecule has 2 aromatic rings. The van der Waals surface area contributed by atoms with Crippen molar-refractivity contribution in [3.05, 3.63) is 30.2 Å². The number of hydrogen-bond acceptors (Lipinski definition) is 5. The molecular weight excluding hydrogens is 270 g/mol. The molecule has 1 unspecified atom stereocenters. The van der Waals surface area contributed by atoms with E-state index in [9.17, 15) is 0 Å². The number of thioether (sulfide) groups is 1. The minimum Gasteiger partial charge on any atom is -0.339 e. The van der Waals surface area contributed by atoms with Crippen molar-refractivity contribution in [1.29, 1.82) is 0 Å². The van der Waals surface area contributed by atoms with E-state index in [0.29, 0.717) is 18.1 Å². The fourth-order valence-corrected chi connectivity index (χ4v) is 2.68. The maximum absolute atomic E-state index is 5.99. The van der Waals surface area contributed by atoms with Gasteiger partial charge in [-0.05, 0) is 36.4 Å². The molecule has 0 saturated heterocycles. The number of aromatic nitrogens is 2. The average molecular weight is 291 g/mol. The van der Waals surface area contributed by atoms with Gasteiger partial charge >= 0.3 is 0 Å². The van der Waals surface area contributed by atoms with Crippen LogP contribution >= 0.6 is 11.8 Å². The largest absolute Gasteiger partial charge is 0.339 e. The molecule has 2 N–H and O–H groups in total. The number of benzene rings is 1. The van der Waals surface area contributed by atoms with E-state index in [-0.39, 0.29) is 6.04 Å². The highest BCUT2D eigenvalue weighted by atomic mass is 32.2. The molecule has 4 nitrogen and oxygen atoms in total. The highest BCUT2D eigenvalue weighted by Crippen LogP contribution is 2.22. The predicted molar refractivity (Wildman–Crippen MR) is 82.7 cm³/mol. The Bertz CT molecular complexity index is 524. The van der Waals surface area contributed by atoms with Gasteiger partial charge < -0.3 is 10.3 Å². The monoisotopic (exact) mass is 291 g/mol. The lowest BCUT2D eigenvalue weighted by Gasteiger charge is -2.05. The fraction of sp³-hybridized carbons (Fsp3) is 0.467. The SMILES string of the molecule is CCCC(N)Cc1nc(-c2ccc(SCC)cc2)no1. The average Bonchev–Trinajstić information content (AvgIpc) is 2.88. The molecule has 0 spiro atoms. The highest BCUT2D eigenvalue weighted by Gasteiger charge is 2.12. The van der Waals surface area contributed by atoms with Crippen molar-refractivity contribution in [3.63, 3.8) is 0 Å². The second-order valence-corrected chi connectivity index (χ2v) is 6.06. The second kappa shape index (κ2) is 7.45. The molecule has 5 heteroatoms. The molecule has 0 bridgehead atoms. The zero-order valence-corrected chi connectivity index (χ0v) is 12.8. The van der Waals surface area contributed by atoms with Crippen molar-refractivity contribution >= 4 is 11.8 Å². The van der Waals surface area contributed by atoms with Crippen LogP contribution in [0.4, 0.5) is 0 Å². The predicted octanol–water partition coefficient (Wildman–Crippen LogP) is 3.52. The molecule has 0 aliphatic carbocycles. The summed E-state index contributed by atoms with van der Waals surface area (Å²) < 4.78 is 5.27. The Balaban J connectivity index is 2.04. The summed E-state index contributed by atoms with van der Waals surface area (Å²) in [6.07, 6.45) is 2.68. The van der Waals surface area contributed by atoms with E-state index in [1.165, 1.54) is 4.90 Å². The molecule has 0 radical (unpaired) electrons. The number of rotatable bonds is 7. The summed E-state index contributed by atoms with van der Waals surface area (Å²) in [7, 11) is 0. The van der Waals surface area contributed by atoms with E-state index in [1.807, 2.05) is 23.9 Å². The topological polar surface area (TPSA) is 64.9 Å². The zero-order valence-electron chi connectivity index (χ0n) is 12.0. The van der Waals surface area contributed by atoms with Crippen molar-refractivity contribution in [2.45, 2.75) is 44.0 Å². The first kappa shape index (κ1) is 15.1. The minimum absolute atomic E-state index is 0.0941. The van der Waals surface area contributed by atoms with E-state index < -0.39 is 0 Å². The van der Waals surface area contributed by atoms with Crippen molar-refractivity contribution < 1.29 is 4.52 Å². The molecule has 0 fully saturated rings. The molecule has 1 heterocycles. The standard InChI is InChI=1S/C15H21N3OS/c1-3-5-12(16)10-14-17-15(18-19-14)11-6-8-13(9-7-11)20-4-2/h6-9,12H,3-5,10,16H2,1-2H3. The van der Waals surface area contributed by atoms with Crippen molar-refractivity contribution in [2.75, 3.05) is 5.75 Å². The number of nitrogens with two attached hydrogens (primary N) is 1. The Labute approximate surface area is 124 Å². The molecule has 0 amide bonds. The quantitative estimate of drug-likeness (QED) is 0.791. The Morgan fingerprint density at radius 3 is 2.65 bits per heavy atom. The normalized spacial score (nSPS) is 12.6. The van der Waals surface area contributed by atoms with E-state index in [0.717, 1.165) is 24.2 Å². The third-order valence-electron chi connectivity index (χ3n) is 2.99. The molecule has 1 aromatic heterocycles. The highest BCUT2D eigenvalue weighted by molar-refractivity contribution is 7.99. The summed E-state index contributed by atoms with van der Waals surface area (Å²) in [4.78, 5) is 5.67. The van der Waals surface area contributed by atoms with E-state index in [4.69, 9.17) is 10.3 Å². The lowest BCUT2D eigenvalue weighted by atomic mass is 10.1. The van der Waals surface area contributed by atoms with Gasteiger partial charge in [-0.25, -0.2) is 0 Å². The molecule has 1 atom stereocenters. The first-order valence-corrected chi connectivity index (χ1v) is 8.02. The lowest BCUT2D eigenvalue weighted by molar-refractivity contribution is 0.366. The lowest BCUT2D eigenvalue weighted by Crippen LogP contribution is -2.22. The Morgan fingerprint density at radius 1 is 1.25 bits per heavy atom. The summed E-state index contributed by atoms with van der Waals surface area (Å²) in [5, 5.41) is 4.03. The molecule has 0 aliphatic rings. The van der Waals surface area contributed by atoms with Crippen molar-refractivity contribution in [2.24, 2.45) is 5.73 Å². The second-order valence-electron chi connectivity index (χ2n) is 4.72. The first-order valence-electron chi connectivity index (χ1n) is 7.04. The van der Waals surface area contributed by atoms with Gasteiger partial charge in [0.05, 0.1) is 0 Å². The third kappa shape index (κ3) is 4.08. The van der Waals surface area contributed by atoms with Crippen LogP contribution in [-0.4, -0.2) is 21.9 Å². The summed E-state index contributed by atoms with van der Waals surface area (Å²) in [6, 6.07) is 8.32. The van der Waals surface area contributed by atoms with Crippen molar-refractivity contribution in [1.82, 2.24) is 10.1 Å². The van der Waals surface area contributed by atoms with Crippen LogP contribution in [0.1, 0.15) is 32.6 Å². The Kier molecular flexibility index (Phi) is 5.61. The molecule has 1 aromatic carbocycles. The van der Waals surface area contributed by atoms with Gasteiger partial charge in [0.15, 0.2) is 0 Å². The van der Waals surface area contributed by atoms with Gasteiger partial charge in [-0.2, -0.15) is 4.98 Å². The maximum Gasteiger partial charge on any atom is 0.228 e. The third-order valence-corrected chi connectivity index (χ3v) is 3.88. The summed E-state index contributed by atoms with van der Waals surface area (Å²) in [5.74, 6) is 2.32. The Hall–Kier alpha value is -1.33. The minimum atomic E-state index is 0.0941. The van der Waals surface area contributed by atoms with Crippen LogP contribution < -0.4 is 5.73 Å². The fourth-order valence-electron chi connectivity index (χ4n) is 2.02. The van der Waals surface area contributed by atoms with Crippen LogP contribution in [0.3, 0.4) is 0 Å². The number of hydrogen-bond donors (Lipinski definition) is 1. The van der Waals surface area contributed by atoms with Crippen LogP contribution in [-0.2, 0) is 6.42 Å². The van der Waals surface area contributed by atoms with Crippen LogP contribution in [0, 0.1) is 0 Å². The van der Waals surface area contributed by atoms with Gasteiger partial charge in [-0.15, -0.1) is 11.8 Å². The van der Waals surface area contributed by atoms with Gasteiger partial charge in [0.25, 0.3) is 0 Å². The number of nitrogens with zero attached hydrogens (tertiary/aromatic N) is 2. The van der Waals surface area contributed by atoms with E-state index in [2.05, 4.69) is 36.1 Å². The van der Waals surface area contributed by atoms with Crippen LogP contribution in [0.15, 0.2) is 33.7 Å². The zero-order chi connectivity index (χ0) is 14.4. The van der Waals surface area contributed by atoms with E-state index >= 15 is 0 Å². The smallest absolute Gasteiger partial charge is 0.228 e. The molecule has 0 aliphatic heterocycles. The summed E-state index contributed by atoms with van der Waals surface area (Å²) >= 11 is 1.82. The van der Waals surface area contributed by atoms with Gasteiger partial charge in [-0.3, -0.25) is 0 Å². The van der Waals surface area contributed by atoms with E-state index in [1.54, 1.807) is 0 Å². The van der Waals surface area contributed by atoms with Crippen molar-refractivity contribution in [3.8, 4) is 11.4 Å². The summed E-state index contributed by atoms with van der Waals surface area (Å²) in [6.45, 7) is 4.26. The molecule has 0 saturated carbocycles. The van der Waals surface area contributed by atoms with Crippen LogP contribution in [0.25, 0.3) is 11.4 Å². The molecule has 20 heavy (non-hydrogen) atoms. The van der Waals surface area contributed by atoms with Gasteiger partial charge in [0, 0.05) is 22.9 Å². The van der Waals surface area contributed by atoms with Gasteiger partial charge in [-0.1, -0.05) is 25.4 Å². The Morgan fingerprint density at radius 2 is 2.00 bits per heavy atom.